The van der Waals surface area contributed by atoms with Crippen LogP contribution in [0.25, 0.3) is 22.1 Å². The van der Waals surface area contributed by atoms with Crippen LogP contribution in [-0.2, 0) is 30.7 Å². The Kier molecular flexibility index (Phi) is 8.96. The van der Waals surface area contributed by atoms with E-state index in [1.54, 1.807) is 0 Å². The lowest BCUT2D eigenvalue weighted by Crippen LogP contribution is -2.32. The van der Waals surface area contributed by atoms with Gasteiger partial charge >= 0.3 is 12.2 Å². The molecule has 2 aromatic heterocycles. The first-order valence-corrected chi connectivity index (χ1v) is 15.3. The first kappa shape index (κ1) is 30.4. The van der Waals surface area contributed by atoms with E-state index in [2.05, 4.69) is 44.5 Å². The number of hydrogen-bond donors (Lipinski definition) is 4. The van der Waals surface area contributed by atoms with Crippen LogP contribution in [0.1, 0.15) is 59.8 Å². The molecular weight excluding hydrogens is 580 g/mol. The number of rotatable bonds is 11. The lowest BCUT2D eigenvalue weighted by atomic mass is 10.0. The Morgan fingerprint density at radius 3 is 1.89 bits per heavy atom. The van der Waals surface area contributed by atoms with Crippen LogP contribution in [0.15, 0.2) is 97.1 Å². The zero-order valence-corrected chi connectivity index (χ0v) is 25.7. The number of aromatic nitrogens is 4. The number of nitrogens with one attached hydrogen (secondary N) is 3. The summed E-state index contributed by atoms with van der Waals surface area (Å²) in [4.78, 5) is 41.9. The van der Waals surface area contributed by atoms with Crippen LogP contribution in [0, 0.1) is 0 Å². The van der Waals surface area contributed by atoms with Crippen molar-refractivity contribution >= 4 is 34.3 Å². The standard InChI is InChI=1S/C36H36N6O4/c1-23(37-35(43)46-22-28-11-7-4-8-12-28)33-38-29-17-15-25(19-31(29)40-33)13-14-26-16-18-30-32(20-26)41-34(39-30)24(2)42(36(44)45)21-27-9-5-3-6-10-27/h3-12,15-20,23-24H,13-14,21-22H2,1-2H3,(H,37,43)(H,38,40)(H,39,41)(H,44,45)/t23-,24-/m1/s1. The zero-order chi connectivity index (χ0) is 32.0. The zero-order valence-electron chi connectivity index (χ0n) is 25.7. The van der Waals surface area contributed by atoms with Gasteiger partial charge in [-0.05, 0) is 73.2 Å². The van der Waals surface area contributed by atoms with Crippen molar-refractivity contribution in [3.63, 3.8) is 0 Å². The fraction of sp³-hybridized carbons (Fsp3) is 0.222. The summed E-state index contributed by atoms with van der Waals surface area (Å²) in [6.45, 7) is 4.19. The molecule has 0 saturated heterocycles. The molecule has 0 aliphatic heterocycles. The van der Waals surface area contributed by atoms with E-state index >= 15 is 0 Å². The van der Waals surface area contributed by atoms with Crippen molar-refractivity contribution in [2.24, 2.45) is 0 Å². The Balaban J connectivity index is 1.07. The van der Waals surface area contributed by atoms with Gasteiger partial charge in [0, 0.05) is 6.54 Å². The van der Waals surface area contributed by atoms with Crippen molar-refractivity contribution in [2.45, 2.75) is 51.9 Å². The molecule has 2 amide bonds. The maximum atomic E-state index is 12.3. The SMILES string of the molecule is C[C@H](c1nc2ccc(CCc3ccc4nc([C@@H](C)NC(=O)OCc5ccccc5)[nH]c4c3)cc2[nH]1)N(Cc1ccccc1)C(=O)O. The van der Waals surface area contributed by atoms with E-state index in [0.717, 1.165) is 57.2 Å². The van der Waals surface area contributed by atoms with Crippen LogP contribution in [0.5, 0.6) is 0 Å². The lowest BCUT2D eigenvalue weighted by molar-refractivity contribution is 0.122. The van der Waals surface area contributed by atoms with Crippen LogP contribution >= 0.6 is 0 Å². The van der Waals surface area contributed by atoms with Crippen molar-refractivity contribution in [3.8, 4) is 0 Å². The third kappa shape index (κ3) is 7.18. The lowest BCUT2D eigenvalue weighted by Gasteiger charge is -2.25. The number of H-pyrrole nitrogens is 2. The quantitative estimate of drug-likeness (QED) is 0.119. The van der Waals surface area contributed by atoms with E-state index in [1.807, 2.05) is 86.6 Å². The second kappa shape index (κ2) is 13.6. The van der Waals surface area contributed by atoms with Gasteiger partial charge < -0.3 is 25.1 Å². The number of carboxylic acid groups (broad SMARTS) is 1. The van der Waals surface area contributed by atoms with Crippen molar-refractivity contribution in [1.82, 2.24) is 30.2 Å². The minimum absolute atomic E-state index is 0.203. The van der Waals surface area contributed by atoms with Crippen molar-refractivity contribution in [2.75, 3.05) is 0 Å². The molecule has 6 rings (SSSR count). The largest absolute Gasteiger partial charge is 0.465 e. The van der Waals surface area contributed by atoms with Crippen LogP contribution in [-0.4, -0.2) is 42.1 Å². The van der Waals surface area contributed by atoms with Gasteiger partial charge in [-0.25, -0.2) is 19.6 Å². The molecule has 0 bridgehead atoms. The van der Waals surface area contributed by atoms with Gasteiger partial charge in [-0.1, -0.05) is 72.8 Å². The smallest absolute Gasteiger partial charge is 0.408 e. The van der Waals surface area contributed by atoms with Crippen molar-refractivity contribution in [3.05, 3.63) is 131 Å². The summed E-state index contributed by atoms with van der Waals surface area (Å²) in [5.74, 6) is 1.27. The van der Waals surface area contributed by atoms with E-state index in [4.69, 9.17) is 9.72 Å². The number of fused-ring (bicyclic) bond motifs is 2. The number of carbonyl (C=O) groups excluding carboxylic acids is 1. The number of amides is 2. The fourth-order valence-corrected chi connectivity index (χ4v) is 5.46. The van der Waals surface area contributed by atoms with Gasteiger partial charge in [-0.2, -0.15) is 0 Å². The predicted octanol–water partition coefficient (Wildman–Crippen LogP) is 7.45. The predicted molar refractivity (Wildman–Crippen MR) is 176 cm³/mol. The second-order valence-electron chi connectivity index (χ2n) is 11.4. The Morgan fingerprint density at radius 1 is 0.761 bits per heavy atom. The summed E-state index contributed by atoms with van der Waals surface area (Å²) in [6.07, 6.45) is 0.134. The molecule has 0 aliphatic rings. The third-order valence-electron chi connectivity index (χ3n) is 8.09. The molecule has 0 saturated carbocycles. The summed E-state index contributed by atoms with van der Waals surface area (Å²) in [5, 5.41) is 12.7. The number of carbonyl (C=O) groups is 2. The molecule has 234 valence electrons. The monoisotopic (exact) mass is 616 g/mol. The summed E-state index contributed by atoms with van der Waals surface area (Å²) < 4.78 is 5.35. The summed E-state index contributed by atoms with van der Waals surface area (Å²) in [7, 11) is 0. The maximum absolute atomic E-state index is 12.3. The van der Waals surface area contributed by atoms with Crippen LogP contribution in [0.4, 0.5) is 9.59 Å². The number of alkyl carbamates (subject to hydrolysis) is 1. The third-order valence-corrected chi connectivity index (χ3v) is 8.09. The summed E-state index contributed by atoms with van der Waals surface area (Å²) in [6, 6.07) is 30.6. The second-order valence-corrected chi connectivity index (χ2v) is 11.4. The van der Waals surface area contributed by atoms with Crippen molar-refractivity contribution in [1.29, 1.82) is 0 Å². The molecular formula is C36H36N6O4. The van der Waals surface area contributed by atoms with Gasteiger partial charge in [0.2, 0.25) is 0 Å². The molecule has 46 heavy (non-hydrogen) atoms. The van der Waals surface area contributed by atoms with Crippen LogP contribution in [0.2, 0.25) is 0 Å². The molecule has 4 N–H and O–H groups in total. The fourth-order valence-electron chi connectivity index (χ4n) is 5.46. The van der Waals surface area contributed by atoms with E-state index in [0.29, 0.717) is 11.6 Å². The summed E-state index contributed by atoms with van der Waals surface area (Å²) >= 11 is 0. The number of ether oxygens (including phenoxy) is 1. The van der Waals surface area contributed by atoms with Gasteiger partial charge in [-0.15, -0.1) is 0 Å². The highest BCUT2D eigenvalue weighted by molar-refractivity contribution is 5.77. The number of imidazole rings is 2. The molecule has 0 aliphatic carbocycles. The normalized spacial score (nSPS) is 12.6. The highest BCUT2D eigenvalue weighted by Gasteiger charge is 2.24. The minimum atomic E-state index is -0.995. The van der Waals surface area contributed by atoms with E-state index in [-0.39, 0.29) is 19.2 Å². The first-order chi connectivity index (χ1) is 22.3. The molecule has 0 fully saturated rings. The molecule has 10 nitrogen and oxygen atoms in total. The average Bonchev–Trinajstić information content (AvgIpc) is 3.70. The van der Waals surface area contributed by atoms with Crippen LogP contribution in [0.3, 0.4) is 0 Å². The van der Waals surface area contributed by atoms with Gasteiger partial charge in [0.1, 0.15) is 18.3 Å². The Bertz CT molecular complexity index is 1950. The first-order valence-electron chi connectivity index (χ1n) is 15.3. The molecule has 0 radical (unpaired) electrons. The molecule has 10 heteroatoms. The van der Waals surface area contributed by atoms with E-state index in [9.17, 15) is 14.7 Å². The van der Waals surface area contributed by atoms with Crippen LogP contribution < -0.4 is 5.32 Å². The van der Waals surface area contributed by atoms with Gasteiger partial charge in [0.15, 0.2) is 0 Å². The van der Waals surface area contributed by atoms with Gasteiger partial charge in [-0.3, -0.25) is 4.90 Å². The average molecular weight is 617 g/mol. The molecule has 6 aromatic rings. The Morgan fingerprint density at radius 2 is 1.30 bits per heavy atom. The number of aromatic amines is 2. The highest BCUT2D eigenvalue weighted by atomic mass is 16.5. The Labute approximate surface area is 266 Å². The molecule has 0 unspecified atom stereocenters. The molecule has 2 heterocycles. The maximum Gasteiger partial charge on any atom is 0.408 e. The van der Waals surface area contributed by atoms with Crippen molar-refractivity contribution < 1.29 is 19.4 Å². The molecule has 2 atom stereocenters. The van der Waals surface area contributed by atoms with E-state index < -0.39 is 18.2 Å². The topological polar surface area (TPSA) is 136 Å². The minimum Gasteiger partial charge on any atom is -0.465 e. The number of aryl methyl sites for hydroxylation is 2. The number of nitrogens with zero attached hydrogens (tertiary/aromatic N) is 3. The number of hydrogen-bond acceptors (Lipinski definition) is 5. The summed E-state index contributed by atoms with van der Waals surface area (Å²) in [5.41, 5.74) is 7.55. The molecule has 4 aromatic carbocycles. The molecule has 0 spiro atoms. The van der Waals surface area contributed by atoms with Gasteiger partial charge in [0.25, 0.3) is 0 Å². The van der Waals surface area contributed by atoms with Gasteiger partial charge in [0.05, 0.1) is 34.2 Å². The Hall–Kier alpha value is -5.64. The number of benzene rings is 4. The highest BCUT2D eigenvalue weighted by Crippen LogP contribution is 2.25. The van der Waals surface area contributed by atoms with E-state index in [1.165, 1.54) is 4.90 Å².